The third-order valence-corrected chi connectivity index (χ3v) is 1.97. The lowest BCUT2D eigenvalue weighted by Crippen LogP contribution is -2.40. The Morgan fingerprint density at radius 2 is 2.25 bits per heavy atom. The Hall–Kier alpha value is -1.06. The molecule has 0 spiro atoms. The molecule has 0 saturated carbocycles. The highest BCUT2D eigenvalue weighted by Gasteiger charge is 2.30. The number of aldehydes is 1. The highest BCUT2D eigenvalue weighted by molar-refractivity contribution is 5.74. The lowest BCUT2D eigenvalue weighted by Gasteiger charge is -2.23. The van der Waals surface area contributed by atoms with E-state index in [-0.39, 0.29) is 18.1 Å². The van der Waals surface area contributed by atoms with Gasteiger partial charge in [0.25, 0.3) is 0 Å². The van der Waals surface area contributed by atoms with Gasteiger partial charge >= 0.3 is 6.09 Å². The van der Waals surface area contributed by atoms with Crippen molar-refractivity contribution >= 4 is 12.4 Å². The number of carbonyl (C=O) groups excluding carboxylic acids is 2. The first-order valence-corrected chi connectivity index (χ1v) is 4.05. The fourth-order valence-electron chi connectivity index (χ4n) is 1.27. The third kappa shape index (κ3) is 1.57. The van der Waals surface area contributed by atoms with E-state index in [2.05, 4.69) is 0 Å². The summed E-state index contributed by atoms with van der Waals surface area (Å²) in [4.78, 5) is 23.1. The molecule has 4 heteroatoms. The zero-order valence-electron chi connectivity index (χ0n) is 7.32. The fraction of sp³-hybridized carbons (Fsp3) is 0.750. The van der Waals surface area contributed by atoms with Gasteiger partial charge in [-0.05, 0) is 5.92 Å². The number of hydrogen-bond acceptors (Lipinski definition) is 3. The lowest BCUT2D eigenvalue weighted by atomic mass is 10.1. The largest absolute Gasteiger partial charge is 0.448 e. The van der Waals surface area contributed by atoms with Gasteiger partial charge < -0.3 is 9.53 Å². The molecule has 1 amide bonds. The van der Waals surface area contributed by atoms with Crippen LogP contribution in [0.5, 0.6) is 0 Å². The predicted molar refractivity (Wildman–Crippen MR) is 42.7 cm³/mol. The van der Waals surface area contributed by atoms with Crippen molar-refractivity contribution < 1.29 is 14.3 Å². The normalized spacial score (nSPS) is 19.6. The smallest absolute Gasteiger partial charge is 0.410 e. The molecule has 0 aliphatic carbocycles. The Bertz CT molecular complexity index is 191. The van der Waals surface area contributed by atoms with E-state index in [1.807, 2.05) is 13.8 Å². The van der Waals surface area contributed by atoms with Gasteiger partial charge in [0.1, 0.15) is 12.9 Å². The summed E-state index contributed by atoms with van der Waals surface area (Å²) in [5.41, 5.74) is 0. The van der Waals surface area contributed by atoms with Crippen molar-refractivity contribution in [2.75, 3.05) is 13.2 Å². The summed E-state index contributed by atoms with van der Waals surface area (Å²) in [6, 6.07) is -0.333. The second-order valence-electron chi connectivity index (χ2n) is 3.18. The maximum atomic E-state index is 11.0. The maximum Gasteiger partial charge on any atom is 0.410 e. The molecule has 0 unspecified atom stereocenters. The van der Waals surface area contributed by atoms with Crippen molar-refractivity contribution in [1.82, 2.24) is 4.90 Å². The molecule has 1 saturated heterocycles. The molecule has 4 nitrogen and oxygen atoms in total. The summed E-state index contributed by atoms with van der Waals surface area (Å²) in [5.74, 6) is 0.146. The summed E-state index contributed by atoms with van der Waals surface area (Å²) in [5, 5.41) is 0. The number of cyclic esters (lactones) is 1. The molecule has 1 atom stereocenters. The molecule has 0 radical (unpaired) electrons. The molecule has 0 N–H and O–H groups in total. The minimum Gasteiger partial charge on any atom is -0.448 e. The zero-order valence-corrected chi connectivity index (χ0v) is 7.32. The van der Waals surface area contributed by atoms with Crippen LogP contribution in [0.1, 0.15) is 13.8 Å². The van der Waals surface area contributed by atoms with Gasteiger partial charge in [-0.3, -0.25) is 4.90 Å². The summed E-state index contributed by atoms with van der Waals surface area (Å²) in [6.45, 7) is 4.74. The number of carbonyl (C=O) groups is 2. The second-order valence-corrected chi connectivity index (χ2v) is 3.18. The Morgan fingerprint density at radius 3 is 2.58 bits per heavy atom. The van der Waals surface area contributed by atoms with Crippen LogP contribution in [0, 0.1) is 5.92 Å². The van der Waals surface area contributed by atoms with Crippen LogP contribution in [-0.2, 0) is 9.53 Å². The number of hydrogen-bond donors (Lipinski definition) is 0. The molecule has 68 valence electrons. The van der Waals surface area contributed by atoms with Crippen LogP contribution in [0.15, 0.2) is 0 Å². The predicted octanol–water partition coefficient (Wildman–Crippen LogP) is 0.662. The van der Waals surface area contributed by atoms with Crippen molar-refractivity contribution in [3.63, 3.8) is 0 Å². The van der Waals surface area contributed by atoms with Crippen molar-refractivity contribution in [2.45, 2.75) is 19.9 Å². The molecule has 0 aromatic rings. The van der Waals surface area contributed by atoms with Crippen molar-refractivity contribution in [3.05, 3.63) is 0 Å². The second kappa shape index (κ2) is 3.56. The molecule has 0 bridgehead atoms. The van der Waals surface area contributed by atoms with Crippen LogP contribution in [0.25, 0.3) is 0 Å². The Morgan fingerprint density at radius 1 is 1.58 bits per heavy atom. The first-order valence-electron chi connectivity index (χ1n) is 4.05. The Balaban J connectivity index is 2.65. The zero-order chi connectivity index (χ0) is 9.14. The standard InChI is InChI=1S/C8H13NO3/c1-6(2)7(5-10)9-3-4-12-8(9)11/h5-7H,3-4H2,1-2H3/t7-/m1/s1. The van der Waals surface area contributed by atoms with E-state index in [4.69, 9.17) is 4.74 Å². The van der Waals surface area contributed by atoms with Gasteiger partial charge in [0.2, 0.25) is 0 Å². The first-order chi connectivity index (χ1) is 5.66. The van der Waals surface area contributed by atoms with Crippen molar-refractivity contribution in [3.8, 4) is 0 Å². The Labute approximate surface area is 71.5 Å². The van der Waals surface area contributed by atoms with Crippen LogP contribution < -0.4 is 0 Å². The van der Waals surface area contributed by atoms with Gasteiger partial charge in [0.15, 0.2) is 0 Å². The highest BCUT2D eigenvalue weighted by atomic mass is 16.6. The highest BCUT2D eigenvalue weighted by Crippen LogP contribution is 2.13. The molecule has 1 heterocycles. The summed E-state index contributed by atoms with van der Waals surface area (Å²) in [6.07, 6.45) is 0.429. The minimum atomic E-state index is -0.374. The molecule has 1 fully saturated rings. The van der Waals surface area contributed by atoms with E-state index in [0.717, 1.165) is 6.29 Å². The SMILES string of the molecule is CC(C)[C@@H](C=O)N1CCOC1=O. The van der Waals surface area contributed by atoms with Crippen LogP contribution in [-0.4, -0.2) is 36.5 Å². The van der Waals surface area contributed by atoms with Gasteiger partial charge in [0, 0.05) is 0 Å². The monoisotopic (exact) mass is 171 g/mol. The average molecular weight is 171 g/mol. The molecular weight excluding hydrogens is 158 g/mol. The van der Waals surface area contributed by atoms with Gasteiger partial charge in [-0.2, -0.15) is 0 Å². The summed E-state index contributed by atoms with van der Waals surface area (Å²) < 4.78 is 4.73. The van der Waals surface area contributed by atoms with E-state index in [1.165, 1.54) is 4.90 Å². The van der Waals surface area contributed by atoms with Crippen molar-refractivity contribution in [1.29, 1.82) is 0 Å². The van der Waals surface area contributed by atoms with E-state index in [9.17, 15) is 9.59 Å². The van der Waals surface area contributed by atoms with E-state index < -0.39 is 0 Å². The van der Waals surface area contributed by atoms with Gasteiger partial charge in [0.05, 0.1) is 12.6 Å². The molecular formula is C8H13NO3. The molecule has 1 rings (SSSR count). The van der Waals surface area contributed by atoms with Crippen LogP contribution in [0.4, 0.5) is 4.79 Å². The van der Waals surface area contributed by atoms with E-state index in [0.29, 0.717) is 13.2 Å². The summed E-state index contributed by atoms with van der Waals surface area (Å²) in [7, 11) is 0. The maximum absolute atomic E-state index is 11.0. The van der Waals surface area contributed by atoms with Gasteiger partial charge in [-0.1, -0.05) is 13.8 Å². The first kappa shape index (κ1) is 9.03. The van der Waals surface area contributed by atoms with Crippen LogP contribution in [0.3, 0.4) is 0 Å². The topological polar surface area (TPSA) is 46.6 Å². The van der Waals surface area contributed by atoms with E-state index >= 15 is 0 Å². The van der Waals surface area contributed by atoms with Crippen LogP contribution in [0.2, 0.25) is 0 Å². The fourth-order valence-corrected chi connectivity index (χ4v) is 1.27. The van der Waals surface area contributed by atoms with Crippen molar-refractivity contribution in [2.24, 2.45) is 5.92 Å². The molecule has 0 aromatic heterocycles. The number of ether oxygens (including phenoxy) is 1. The molecule has 1 aliphatic rings. The average Bonchev–Trinajstić information content (AvgIpc) is 2.38. The quantitative estimate of drug-likeness (QED) is 0.586. The number of nitrogens with zero attached hydrogens (tertiary/aromatic N) is 1. The minimum absolute atomic E-state index is 0.146. The number of rotatable bonds is 3. The number of amides is 1. The molecule has 12 heavy (non-hydrogen) atoms. The molecule has 0 aromatic carbocycles. The third-order valence-electron chi connectivity index (χ3n) is 1.97. The summed E-state index contributed by atoms with van der Waals surface area (Å²) >= 11 is 0. The lowest BCUT2D eigenvalue weighted by molar-refractivity contribution is -0.112. The van der Waals surface area contributed by atoms with E-state index in [1.54, 1.807) is 0 Å². The van der Waals surface area contributed by atoms with Crippen LogP contribution >= 0.6 is 0 Å². The van der Waals surface area contributed by atoms with Gasteiger partial charge in [-0.25, -0.2) is 4.79 Å². The molecule has 1 aliphatic heterocycles. The van der Waals surface area contributed by atoms with Gasteiger partial charge in [-0.15, -0.1) is 0 Å². The Kier molecular flexibility index (Phi) is 2.68.